The van der Waals surface area contributed by atoms with Gasteiger partial charge in [0.1, 0.15) is 5.75 Å². The quantitative estimate of drug-likeness (QED) is 0.145. The highest BCUT2D eigenvalue weighted by Crippen LogP contribution is 2.15. The molecule has 0 fully saturated rings. The highest BCUT2D eigenvalue weighted by atomic mass is 79.9. The second-order valence-corrected chi connectivity index (χ2v) is 11.5. The molecule has 0 atom stereocenters. The summed E-state index contributed by atoms with van der Waals surface area (Å²) in [7, 11) is 0. The Labute approximate surface area is 251 Å². The van der Waals surface area contributed by atoms with Gasteiger partial charge in [-0.3, -0.25) is 4.79 Å². The molecule has 1 N–H and O–H groups in total. The van der Waals surface area contributed by atoms with Crippen LogP contribution < -0.4 is 31.6 Å². The van der Waals surface area contributed by atoms with Gasteiger partial charge < -0.3 is 27.0 Å². The van der Waals surface area contributed by atoms with Crippen LogP contribution in [-0.4, -0.2) is 12.5 Å². The zero-order chi connectivity index (χ0) is 26.8. The Kier molecular flexibility index (Phi) is 16.8. The average molecular weight is 616 g/mol. The predicted molar refractivity (Wildman–Crippen MR) is 159 cm³/mol. The van der Waals surface area contributed by atoms with E-state index in [9.17, 15) is 4.79 Å². The van der Waals surface area contributed by atoms with E-state index in [0.717, 1.165) is 36.4 Å². The van der Waals surface area contributed by atoms with Gasteiger partial charge in [-0.15, -0.1) is 0 Å². The molecule has 39 heavy (non-hydrogen) atoms. The van der Waals surface area contributed by atoms with Crippen molar-refractivity contribution in [2.75, 3.05) is 6.61 Å². The number of unbranched alkanes of at least 4 members (excludes halogenated alkanes) is 11. The summed E-state index contributed by atoms with van der Waals surface area (Å²) in [6, 6.07) is 15.9. The maximum Gasteiger partial charge on any atom is 0.251 e. The summed E-state index contributed by atoms with van der Waals surface area (Å²) >= 11 is 1.73. The van der Waals surface area contributed by atoms with Crippen LogP contribution in [0, 0.1) is 6.92 Å². The number of rotatable bonds is 19. The second kappa shape index (κ2) is 19.8. The average Bonchev–Trinajstić information content (AvgIpc) is 3.35. The van der Waals surface area contributed by atoms with Gasteiger partial charge in [0.25, 0.3) is 5.91 Å². The van der Waals surface area contributed by atoms with Crippen molar-refractivity contribution >= 4 is 17.2 Å². The molecular weight excluding hydrogens is 568 g/mol. The zero-order valence-corrected chi connectivity index (χ0v) is 26.3. The number of carbonyl (C=O) groups excluding carboxylic acids is 1. The van der Waals surface area contributed by atoms with Crippen molar-refractivity contribution in [1.82, 2.24) is 5.32 Å². The molecule has 0 unspecified atom stereocenters. The monoisotopic (exact) mass is 614 g/mol. The molecule has 4 nitrogen and oxygen atoms in total. The van der Waals surface area contributed by atoms with Crippen molar-refractivity contribution < 1.29 is 31.1 Å². The number of ether oxygens (including phenoxy) is 1. The van der Waals surface area contributed by atoms with Crippen LogP contribution in [0.4, 0.5) is 0 Å². The number of nitrogens with zero attached hydrogens (tertiary/aromatic N) is 1. The second-order valence-electron chi connectivity index (χ2n) is 10.4. The molecule has 3 aromatic rings. The van der Waals surface area contributed by atoms with Gasteiger partial charge in [0.05, 0.1) is 11.5 Å². The first-order valence-corrected chi connectivity index (χ1v) is 15.5. The van der Waals surface area contributed by atoms with Gasteiger partial charge in [-0.2, -0.15) is 4.57 Å². The van der Waals surface area contributed by atoms with E-state index in [1.165, 1.54) is 75.5 Å². The highest BCUT2D eigenvalue weighted by Gasteiger charge is 2.10. The van der Waals surface area contributed by atoms with Crippen LogP contribution in [0.25, 0.3) is 0 Å². The molecule has 1 heterocycles. The van der Waals surface area contributed by atoms with Crippen molar-refractivity contribution in [3.05, 3.63) is 81.8 Å². The SMILES string of the molecule is CCCCCCCCCCCCCCOc1ccc(CNC(=O)c2cccc(C[n+]3csc(C)c3)c2)cc1.[Br-]. The van der Waals surface area contributed by atoms with Crippen LogP contribution in [0.2, 0.25) is 0 Å². The summed E-state index contributed by atoms with van der Waals surface area (Å²) < 4.78 is 8.07. The molecule has 6 heteroatoms. The number of benzene rings is 2. The van der Waals surface area contributed by atoms with Crippen LogP contribution in [0.5, 0.6) is 5.75 Å². The summed E-state index contributed by atoms with van der Waals surface area (Å²) in [5.74, 6) is 0.850. The van der Waals surface area contributed by atoms with E-state index >= 15 is 0 Å². The van der Waals surface area contributed by atoms with Gasteiger partial charge in [0.15, 0.2) is 12.7 Å². The smallest absolute Gasteiger partial charge is 0.251 e. The maximum atomic E-state index is 12.7. The number of aryl methyl sites for hydroxylation is 1. The van der Waals surface area contributed by atoms with E-state index in [-0.39, 0.29) is 22.9 Å². The zero-order valence-electron chi connectivity index (χ0n) is 23.9. The molecule has 0 saturated carbocycles. The minimum atomic E-state index is -0.0503. The Morgan fingerprint density at radius 3 is 2.10 bits per heavy atom. The summed E-state index contributed by atoms with van der Waals surface area (Å²) in [5, 5.41) is 3.04. The predicted octanol–water partition coefficient (Wildman–Crippen LogP) is 5.41. The van der Waals surface area contributed by atoms with E-state index in [1.807, 2.05) is 42.5 Å². The van der Waals surface area contributed by atoms with Crippen LogP contribution in [0.3, 0.4) is 0 Å². The Morgan fingerprint density at radius 2 is 1.49 bits per heavy atom. The lowest BCUT2D eigenvalue weighted by atomic mass is 10.1. The topological polar surface area (TPSA) is 42.2 Å². The summed E-state index contributed by atoms with van der Waals surface area (Å²) in [5.41, 5.74) is 4.98. The molecule has 1 aromatic heterocycles. The van der Waals surface area contributed by atoms with E-state index in [0.29, 0.717) is 12.1 Å². The molecule has 0 aliphatic heterocycles. The molecule has 214 valence electrons. The molecule has 0 aliphatic rings. The maximum absolute atomic E-state index is 12.7. The fraction of sp³-hybridized carbons (Fsp3) is 0.515. The van der Waals surface area contributed by atoms with Crippen molar-refractivity contribution in [3.8, 4) is 5.75 Å². The highest BCUT2D eigenvalue weighted by molar-refractivity contribution is 7.09. The van der Waals surface area contributed by atoms with Crippen molar-refractivity contribution in [1.29, 1.82) is 0 Å². The normalized spacial score (nSPS) is 10.7. The third kappa shape index (κ3) is 13.6. The minimum Gasteiger partial charge on any atom is -1.00 e. The fourth-order valence-corrected chi connectivity index (χ4v) is 5.30. The van der Waals surface area contributed by atoms with Crippen LogP contribution in [-0.2, 0) is 13.1 Å². The molecular formula is C33H47BrN2O2S. The molecule has 0 bridgehead atoms. The molecule has 2 aromatic carbocycles. The van der Waals surface area contributed by atoms with Gasteiger partial charge in [-0.25, -0.2) is 0 Å². The van der Waals surface area contributed by atoms with Gasteiger partial charge in [-0.05, 0) is 43.2 Å². The molecule has 3 rings (SSSR count). The standard InChI is InChI=1S/C33H46N2O2S.BrH/c1-3-4-5-6-7-8-9-10-11-12-13-14-22-37-32-20-18-29(19-21-32)24-34-33(36)31-17-15-16-30(23-31)26-35-25-28(2)38-27-35;/h15-21,23,25,27H,3-14,22,24,26H2,1-2H3;1H. The van der Waals surface area contributed by atoms with Gasteiger partial charge in [0, 0.05) is 17.7 Å². The number of thiazole rings is 1. The third-order valence-corrected chi connectivity index (χ3v) is 7.77. The first-order valence-electron chi connectivity index (χ1n) is 14.7. The first-order chi connectivity index (χ1) is 18.6. The Hall–Kier alpha value is -2.18. The van der Waals surface area contributed by atoms with Crippen molar-refractivity contribution in [3.63, 3.8) is 0 Å². The number of aromatic nitrogens is 1. The van der Waals surface area contributed by atoms with Crippen LogP contribution in [0.1, 0.15) is 110 Å². The minimum absolute atomic E-state index is 0. The van der Waals surface area contributed by atoms with E-state index in [4.69, 9.17) is 4.74 Å². The lowest BCUT2D eigenvalue weighted by molar-refractivity contribution is -0.683. The molecule has 0 aliphatic carbocycles. The van der Waals surface area contributed by atoms with Crippen molar-refractivity contribution in [2.24, 2.45) is 0 Å². The van der Waals surface area contributed by atoms with E-state index < -0.39 is 0 Å². The summed E-state index contributed by atoms with van der Waals surface area (Å²) in [6.07, 6.45) is 18.3. The number of nitrogens with one attached hydrogen (secondary N) is 1. The van der Waals surface area contributed by atoms with Crippen LogP contribution in [0.15, 0.2) is 60.2 Å². The molecule has 1 amide bonds. The summed E-state index contributed by atoms with van der Waals surface area (Å²) in [4.78, 5) is 14.0. The van der Waals surface area contributed by atoms with E-state index in [1.54, 1.807) is 11.3 Å². The van der Waals surface area contributed by atoms with Gasteiger partial charge in [0.2, 0.25) is 5.51 Å². The lowest BCUT2D eigenvalue weighted by Gasteiger charge is -2.09. The number of amides is 1. The van der Waals surface area contributed by atoms with Crippen molar-refractivity contribution in [2.45, 2.75) is 104 Å². The number of hydrogen-bond donors (Lipinski definition) is 1. The largest absolute Gasteiger partial charge is 1.00 e. The molecule has 0 spiro atoms. The number of hydrogen-bond acceptors (Lipinski definition) is 3. The summed E-state index contributed by atoms with van der Waals surface area (Å²) in [6.45, 7) is 6.42. The Bertz CT molecular complexity index is 1070. The number of halogens is 1. The molecule has 0 radical (unpaired) electrons. The Morgan fingerprint density at radius 1 is 0.846 bits per heavy atom. The van der Waals surface area contributed by atoms with Crippen LogP contribution >= 0.6 is 11.3 Å². The third-order valence-electron chi connectivity index (χ3n) is 6.92. The Balaban J connectivity index is 0.00000533. The first kappa shape index (κ1) is 33.0. The lowest BCUT2D eigenvalue weighted by Crippen LogP contribution is -3.00. The fourth-order valence-electron chi connectivity index (χ4n) is 4.67. The van der Waals surface area contributed by atoms with Gasteiger partial charge >= 0.3 is 0 Å². The number of carbonyl (C=O) groups is 1. The molecule has 0 saturated heterocycles. The van der Waals surface area contributed by atoms with E-state index in [2.05, 4.69) is 41.5 Å². The van der Waals surface area contributed by atoms with Gasteiger partial charge in [-0.1, -0.05) is 113 Å².